The summed E-state index contributed by atoms with van der Waals surface area (Å²) in [6, 6.07) is 10.8. The van der Waals surface area contributed by atoms with E-state index in [2.05, 4.69) is 0 Å². The second-order valence-electron chi connectivity index (χ2n) is 6.90. The highest BCUT2D eigenvalue weighted by atomic mass is 16.5. The minimum Gasteiger partial charge on any atom is -0.493 e. The van der Waals surface area contributed by atoms with Gasteiger partial charge in [0.25, 0.3) is 0 Å². The van der Waals surface area contributed by atoms with E-state index in [-0.39, 0.29) is 11.4 Å². The molecule has 0 heterocycles. The average Bonchev–Trinajstić information content (AvgIpc) is 2.64. The molecular formula is C22H26O5. The molecule has 144 valence electrons. The number of benzene rings is 2. The van der Waals surface area contributed by atoms with Crippen LogP contribution in [0.1, 0.15) is 36.7 Å². The van der Waals surface area contributed by atoms with Crippen LogP contribution >= 0.6 is 0 Å². The topological polar surface area (TPSA) is 54.0 Å². The first kappa shape index (κ1) is 20.4. The summed E-state index contributed by atoms with van der Waals surface area (Å²) in [7, 11) is 4.56. The van der Waals surface area contributed by atoms with Crippen LogP contribution in [0.15, 0.2) is 42.5 Å². The van der Waals surface area contributed by atoms with Gasteiger partial charge in [0.05, 0.1) is 21.3 Å². The molecule has 5 nitrogen and oxygen atoms in total. The molecule has 0 aliphatic heterocycles. The lowest BCUT2D eigenvalue weighted by Crippen LogP contribution is -2.22. The summed E-state index contributed by atoms with van der Waals surface area (Å²) in [5.74, 6) is 1.96. The van der Waals surface area contributed by atoms with Crippen molar-refractivity contribution in [3.05, 3.63) is 53.6 Å². The smallest absolute Gasteiger partial charge is 0.203 e. The number of allylic oxidation sites excluding steroid dienone is 1. The Morgan fingerprint density at radius 1 is 0.889 bits per heavy atom. The third-order valence-corrected chi connectivity index (χ3v) is 3.68. The lowest BCUT2D eigenvalue weighted by atomic mass is 10.1. The number of carbonyl (C=O) groups is 1. The van der Waals surface area contributed by atoms with E-state index in [1.54, 1.807) is 18.2 Å². The third-order valence-electron chi connectivity index (χ3n) is 3.68. The molecule has 5 heteroatoms. The van der Waals surface area contributed by atoms with E-state index in [0.29, 0.717) is 22.8 Å². The molecule has 0 fully saturated rings. The maximum atomic E-state index is 12.5. The van der Waals surface area contributed by atoms with Crippen LogP contribution in [0.3, 0.4) is 0 Å². The Balaban J connectivity index is 2.19. The van der Waals surface area contributed by atoms with Crippen molar-refractivity contribution in [2.45, 2.75) is 26.4 Å². The molecule has 0 atom stereocenters. The van der Waals surface area contributed by atoms with E-state index < -0.39 is 0 Å². The van der Waals surface area contributed by atoms with Gasteiger partial charge in [0.2, 0.25) is 5.75 Å². The number of ether oxygens (including phenoxy) is 4. The summed E-state index contributed by atoms with van der Waals surface area (Å²) < 4.78 is 21.7. The molecule has 0 bridgehead atoms. The van der Waals surface area contributed by atoms with E-state index in [1.807, 2.05) is 45.0 Å². The molecule has 2 aromatic carbocycles. The Labute approximate surface area is 160 Å². The molecular weight excluding hydrogens is 344 g/mol. The minimum absolute atomic E-state index is 0.163. The fourth-order valence-electron chi connectivity index (χ4n) is 2.49. The van der Waals surface area contributed by atoms with Crippen molar-refractivity contribution in [3.8, 4) is 23.0 Å². The standard InChI is InChI=1S/C22H26O5/c1-22(2,3)27-17-10-7-15(8-11-17)9-12-18(23)16-13-19(24-4)21(26-6)20(14-16)25-5/h7-14H,1-6H3/b12-9+. The summed E-state index contributed by atoms with van der Waals surface area (Å²) in [6.07, 6.45) is 3.27. The molecule has 0 spiro atoms. The van der Waals surface area contributed by atoms with Gasteiger partial charge < -0.3 is 18.9 Å². The zero-order chi connectivity index (χ0) is 20.0. The Kier molecular flexibility index (Phi) is 6.50. The highest BCUT2D eigenvalue weighted by Crippen LogP contribution is 2.38. The predicted molar refractivity (Wildman–Crippen MR) is 106 cm³/mol. The summed E-state index contributed by atoms with van der Waals surface area (Å²) in [4.78, 5) is 12.5. The molecule has 2 aromatic rings. The van der Waals surface area contributed by atoms with Crippen molar-refractivity contribution >= 4 is 11.9 Å². The normalized spacial score (nSPS) is 11.3. The second kappa shape index (κ2) is 8.62. The van der Waals surface area contributed by atoms with Gasteiger partial charge in [-0.1, -0.05) is 18.2 Å². The molecule has 0 radical (unpaired) electrons. The average molecular weight is 370 g/mol. The third kappa shape index (κ3) is 5.51. The van der Waals surface area contributed by atoms with Crippen molar-refractivity contribution in [3.63, 3.8) is 0 Å². The van der Waals surface area contributed by atoms with E-state index in [0.717, 1.165) is 11.3 Å². The van der Waals surface area contributed by atoms with E-state index in [1.165, 1.54) is 27.4 Å². The number of carbonyl (C=O) groups excluding carboxylic acids is 1. The monoisotopic (exact) mass is 370 g/mol. The van der Waals surface area contributed by atoms with Crippen LogP contribution in [0.5, 0.6) is 23.0 Å². The number of hydrogen-bond acceptors (Lipinski definition) is 5. The first-order valence-electron chi connectivity index (χ1n) is 8.59. The number of ketones is 1. The van der Waals surface area contributed by atoms with Crippen molar-refractivity contribution in [2.75, 3.05) is 21.3 Å². The number of methoxy groups -OCH3 is 3. The van der Waals surface area contributed by atoms with Gasteiger partial charge in [-0.3, -0.25) is 4.79 Å². The maximum absolute atomic E-state index is 12.5. The summed E-state index contributed by atoms with van der Waals surface area (Å²) in [5.41, 5.74) is 1.10. The van der Waals surface area contributed by atoms with Gasteiger partial charge in [0, 0.05) is 5.56 Å². The van der Waals surface area contributed by atoms with Gasteiger partial charge in [-0.15, -0.1) is 0 Å². The van der Waals surface area contributed by atoms with Crippen LogP contribution in [0.4, 0.5) is 0 Å². The molecule has 0 saturated carbocycles. The molecule has 0 aromatic heterocycles. The summed E-state index contributed by atoms with van der Waals surface area (Å²) in [5, 5.41) is 0. The van der Waals surface area contributed by atoms with Gasteiger partial charge >= 0.3 is 0 Å². The Hall–Kier alpha value is -2.95. The molecule has 0 unspecified atom stereocenters. The van der Waals surface area contributed by atoms with Crippen molar-refractivity contribution in [1.29, 1.82) is 0 Å². The SMILES string of the molecule is COc1cc(C(=O)/C=C/c2ccc(OC(C)(C)C)cc2)cc(OC)c1OC. The molecule has 0 amide bonds. The largest absolute Gasteiger partial charge is 0.493 e. The van der Waals surface area contributed by atoms with Crippen LogP contribution in [0.2, 0.25) is 0 Å². The van der Waals surface area contributed by atoms with Gasteiger partial charge in [-0.25, -0.2) is 0 Å². The maximum Gasteiger partial charge on any atom is 0.203 e. The van der Waals surface area contributed by atoms with Crippen molar-refractivity contribution in [2.24, 2.45) is 0 Å². The molecule has 0 saturated heterocycles. The minimum atomic E-state index is -0.250. The van der Waals surface area contributed by atoms with Gasteiger partial charge in [-0.2, -0.15) is 0 Å². The Morgan fingerprint density at radius 3 is 1.89 bits per heavy atom. The van der Waals surface area contributed by atoms with Crippen molar-refractivity contribution < 1.29 is 23.7 Å². The highest BCUT2D eigenvalue weighted by Gasteiger charge is 2.16. The highest BCUT2D eigenvalue weighted by molar-refractivity contribution is 6.07. The molecule has 2 rings (SSSR count). The first-order valence-corrected chi connectivity index (χ1v) is 8.59. The van der Waals surface area contributed by atoms with E-state index in [9.17, 15) is 4.79 Å². The summed E-state index contributed by atoms with van der Waals surface area (Å²) >= 11 is 0. The van der Waals surface area contributed by atoms with Gasteiger partial charge in [0.1, 0.15) is 11.4 Å². The fourth-order valence-corrected chi connectivity index (χ4v) is 2.49. The zero-order valence-corrected chi connectivity index (χ0v) is 16.7. The first-order chi connectivity index (χ1) is 12.8. The van der Waals surface area contributed by atoms with Crippen LogP contribution in [0, 0.1) is 0 Å². The lowest BCUT2D eigenvalue weighted by molar-refractivity contribution is 0.104. The van der Waals surface area contributed by atoms with Gasteiger partial charge in [0.15, 0.2) is 17.3 Å². The van der Waals surface area contributed by atoms with Crippen molar-refractivity contribution in [1.82, 2.24) is 0 Å². The number of rotatable bonds is 7. The van der Waals surface area contributed by atoms with E-state index >= 15 is 0 Å². The van der Waals surface area contributed by atoms with Crippen LogP contribution in [-0.2, 0) is 0 Å². The Bertz CT molecular complexity index is 789. The molecule has 0 N–H and O–H groups in total. The number of hydrogen-bond donors (Lipinski definition) is 0. The Morgan fingerprint density at radius 2 is 1.44 bits per heavy atom. The quantitative estimate of drug-likeness (QED) is 0.518. The van der Waals surface area contributed by atoms with E-state index in [4.69, 9.17) is 18.9 Å². The lowest BCUT2D eigenvalue weighted by Gasteiger charge is -2.21. The molecule has 27 heavy (non-hydrogen) atoms. The zero-order valence-electron chi connectivity index (χ0n) is 16.7. The predicted octanol–water partition coefficient (Wildman–Crippen LogP) is 4.79. The molecule has 0 aliphatic carbocycles. The summed E-state index contributed by atoms with van der Waals surface area (Å²) in [6.45, 7) is 5.99. The second-order valence-corrected chi connectivity index (χ2v) is 6.90. The fraction of sp³-hybridized carbons (Fsp3) is 0.318. The van der Waals surface area contributed by atoms with Crippen LogP contribution in [0.25, 0.3) is 6.08 Å². The van der Waals surface area contributed by atoms with Gasteiger partial charge in [-0.05, 0) is 56.7 Å². The van der Waals surface area contributed by atoms with Crippen LogP contribution < -0.4 is 18.9 Å². The molecule has 0 aliphatic rings. The van der Waals surface area contributed by atoms with Crippen LogP contribution in [-0.4, -0.2) is 32.7 Å².